The molecule has 0 spiro atoms. The Balaban J connectivity index is 1.64. The molecule has 3 rings (SSSR count). The third-order valence-corrected chi connectivity index (χ3v) is 6.69. The van der Waals surface area contributed by atoms with Gasteiger partial charge < -0.3 is 0 Å². The Bertz CT molecular complexity index is 932. The van der Waals surface area contributed by atoms with Crippen LogP contribution in [0.2, 0.25) is 0 Å². The Labute approximate surface area is 167 Å². The van der Waals surface area contributed by atoms with Crippen LogP contribution in [0.25, 0.3) is 0 Å². The number of piperidine rings is 1. The molecular formula is C22H28N2O3S. The van der Waals surface area contributed by atoms with E-state index in [0.717, 1.165) is 31.1 Å². The van der Waals surface area contributed by atoms with Gasteiger partial charge in [0.15, 0.2) is 5.78 Å². The van der Waals surface area contributed by atoms with E-state index < -0.39 is 10.0 Å². The van der Waals surface area contributed by atoms with Gasteiger partial charge in [-0.05, 0) is 62.0 Å². The van der Waals surface area contributed by atoms with Crippen molar-refractivity contribution in [3.63, 3.8) is 0 Å². The van der Waals surface area contributed by atoms with Crippen LogP contribution < -0.4 is 4.72 Å². The third kappa shape index (κ3) is 5.50. The Morgan fingerprint density at radius 3 is 2.46 bits per heavy atom. The quantitative estimate of drug-likeness (QED) is 0.721. The Morgan fingerprint density at radius 2 is 1.75 bits per heavy atom. The molecular weight excluding hydrogens is 372 g/mol. The monoisotopic (exact) mass is 400 g/mol. The van der Waals surface area contributed by atoms with Crippen LogP contribution in [-0.2, 0) is 23.1 Å². The van der Waals surface area contributed by atoms with Gasteiger partial charge in [0, 0.05) is 18.7 Å². The van der Waals surface area contributed by atoms with Gasteiger partial charge in [-0.25, -0.2) is 13.1 Å². The minimum atomic E-state index is -3.67. The lowest BCUT2D eigenvalue weighted by Gasteiger charge is -2.30. The fourth-order valence-corrected chi connectivity index (χ4v) is 4.52. The Morgan fingerprint density at radius 1 is 1.07 bits per heavy atom. The van der Waals surface area contributed by atoms with Gasteiger partial charge in [0.1, 0.15) is 0 Å². The number of benzene rings is 2. The summed E-state index contributed by atoms with van der Waals surface area (Å²) in [5, 5.41) is 0. The summed E-state index contributed by atoms with van der Waals surface area (Å²) >= 11 is 0. The van der Waals surface area contributed by atoms with Crippen molar-refractivity contribution < 1.29 is 13.2 Å². The summed E-state index contributed by atoms with van der Waals surface area (Å²) in [6.45, 7) is 7.07. The van der Waals surface area contributed by atoms with Crippen molar-refractivity contribution in [3.05, 3.63) is 65.2 Å². The highest BCUT2D eigenvalue weighted by Crippen LogP contribution is 2.19. The molecule has 5 nitrogen and oxygen atoms in total. The maximum absolute atomic E-state index is 12.6. The Hall–Kier alpha value is -2.02. The molecule has 1 aliphatic heterocycles. The van der Waals surface area contributed by atoms with Crippen LogP contribution in [-0.4, -0.2) is 32.2 Å². The third-order valence-electron chi connectivity index (χ3n) is 5.29. The van der Waals surface area contributed by atoms with Crippen molar-refractivity contribution in [2.45, 2.75) is 44.7 Å². The molecule has 2 aromatic carbocycles. The molecule has 150 valence electrons. The zero-order valence-electron chi connectivity index (χ0n) is 16.5. The van der Waals surface area contributed by atoms with Crippen LogP contribution in [0.3, 0.4) is 0 Å². The second kappa shape index (κ2) is 8.99. The largest absolute Gasteiger partial charge is 0.299 e. The fourth-order valence-electron chi connectivity index (χ4n) is 3.46. The van der Waals surface area contributed by atoms with E-state index in [2.05, 4.69) is 28.7 Å². The molecule has 0 amide bonds. The minimum absolute atomic E-state index is 0.110. The average Bonchev–Trinajstić information content (AvgIpc) is 2.69. The molecule has 6 heteroatoms. The predicted molar refractivity (Wildman–Crippen MR) is 111 cm³/mol. The second-order valence-electron chi connectivity index (χ2n) is 7.69. The highest BCUT2D eigenvalue weighted by atomic mass is 32.2. The smallest absolute Gasteiger partial charge is 0.240 e. The molecule has 1 saturated heterocycles. The van der Waals surface area contributed by atoms with Crippen molar-refractivity contribution in [1.29, 1.82) is 0 Å². The van der Waals surface area contributed by atoms with E-state index in [1.165, 1.54) is 37.5 Å². The molecule has 1 N–H and O–H groups in total. The van der Waals surface area contributed by atoms with E-state index in [4.69, 9.17) is 0 Å². The number of nitrogens with one attached hydrogen (secondary N) is 1. The van der Waals surface area contributed by atoms with Crippen molar-refractivity contribution in [2.24, 2.45) is 5.92 Å². The molecule has 0 aromatic heterocycles. The van der Waals surface area contributed by atoms with Gasteiger partial charge in [-0.15, -0.1) is 0 Å². The molecule has 2 aromatic rings. The number of hydrogen-bond donors (Lipinski definition) is 1. The number of nitrogens with zero attached hydrogens (tertiary/aromatic N) is 1. The number of rotatable bonds is 7. The van der Waals surface area contributed by atoms with Crippen LogP contribution in [0.5, 0.6) is 0 Å². The summed E-state index contributed by atoms with van der Waals surface area (Å²) in [6, 6.07) is 14.2. The number of Topliss-reactive ketones (excluding diaryl/α,β-unsaturated/α-hetero) is 1. The SMILES string of the molecule is CC(=O)c1cccc(S(=O)(=O)NCc2cccc(CN3CCC(C)CC3)c2)c1. The van der Waals surface area contributed by atoms with E-state index in [1.807, 2.05) is 12.1 Å². The summed E-state index contributed by atoms with van der Waals surface area (Å²) in [6.07, 6.45) is 2.47. The molecule has 0 bridgehead atoms. The molecule has 0 aliphatic carbocycles. The molecule has 1 heterocycles. The topological polar surface area (TPSA) is 66.5 Å². The Kier molecular flexibility index (Phi) is 6.65. The maximum atomic E-state index is 12.6. The molecule has 0 saturated carbocycles. The van der Waals surface area contributed by atoms with Crippen LogP contribution in [0, 0.1) is 5.92 Å². The van der Waals surface area contributed by atoms with Gasteiger partial charge in [0.05, 0.1) is 4.90 Å². The summed E-state index contributed by atoms with van der Waals surface area (Å²) in [5.74, 6) is 0.648. The lowest BCUT2D eigenvalue weighted by molar-refractivity contribution is 0.101. The van der Waals surface area contributed by atoms with Gasteiger partial charge in [-0.3, -0.25) is 9.69 Å². The van der Waals surface area contributed by atoms with Crippen molar-refractivity contribution >= 4 is 15.8 Å². The highest BCUT2D eigenvalue weighted by molar-refractivity contribution is 7.89. The van der Waals surface area contributed by atoms with Crippen LogP contribution in [0.4, 0.5) is 0 Å². The summed E-state index contributed by atoms with van der Waals surface area (Å²) < 4.78 is 27.8. The van der Waals surface area contributed by atoms with Gasteiger partial charge in [0.25, 0.3) is 0 Å². The van der Waals surface area contributed by atoms with Crippen LogP contribution in [0.1, 0.15) is 48.2 Å². The predicted octanol–water partition coefficient (Wildman–Crippen LogP) is 3.60. The van der Waals surface area contributed by atoms with Crippen molar-refractivity contribution in [3.8, 4) is 0 Å². The van der Waals surface area contributed by atoms with Gasteiger partial charge >= 0.3 is 0 Å². The minimum Gasteiger partial charge on any atom is -0.299 e. The first-order valence-corrected chi connectivity index (χ1v) is 11.2. The average molecular weight is 401 g/mol. The van der Waals surface area contributed by atoms with Crippen LogP contribution in [0.15, 0.2) is 53.4 Å². The number of carbonyl (C=O) groups is 1. The van der Waals surface area contributed by atoms with E-state index >= 15 is 0 Å². The summed E-state index contributed by atoms with van der Waals surface area (Å²) in [4.78, 5) is 14.1. The lowest BCUT2D eigenvalue weighted by atomic mass is 9.98. The van der Waals surface area contributed by atoms with Crippen LogP contribution >= 0.6 is 0 Å². The fraction of sp³-hybridized carbons (Fsp3) is 0.409. The summed E-state index contributed by atoms with van der Waals surface area (Å²) in [5.41, 5.74) is 2.51. The number of likely N-dealkylation sites (tertiary alicyclic amines) is 1. The number of ketones is 1. The standard InChI is InChI=1S/C22H28N2O3S/c1-17-9-11-24(12-10-17)16-20-6-3-5-19(13-20)15-23-28(26,27)22-8-4-7-21(14-22)18(2)25/h3-8,13-14,17,23H,9-12,15-16H2,1-2H3. The first kappa shape index (κ1) is 20.7. The molecule has 1 aliphatic rings. The zero-order chi connectivity index (χ0) is 20.1. The lowest BCUT2D eigenvalue weighted by Crippen LogP contribution is -2.32. The van der Waals surface area contributed by atoms with E-state index in [0.29, 0.717) is 5.56 Å². The van der Waals surface area contributed by atoms with E-state index in [1.54, 1.807) is 12.1 Å². The molecule has 0 radical (unpaired) electrons. The van der Waals surface area contributed by atoms with Crippen molar-refractivity contribution in [1.82, 2.24) is 9.62 Å². The molecule has 1 fully saturated rings. The first-order valence-electron chi connectivity index (χ1n) is 9.74. The van der Waals surface area contributed by atoms with Crippen molar-refractivity contribution in [2.75, 3.05) is 13.1 Å². The van der Waals surface area contributed by atoms with Gasteiger partial charge in [0.2, 0.25) is 10.0 Å². The molecule has 0 atom stereocenters. The zero-order valence-corrected chi connectivity index (χ0v) is 17.3. The normalized spacial score (nSPS) is 16.2. The van der Waals surface area contributed by atoms with E-state index in [9.17, 15) is 13.2 Å². The molecule has 28 heavy (non-hydrogen) atoms. The maximum Gasteiger partial charge on any atom is 0.240 e. The number of carbonyl (C=O) groups excluding carboxylic acids is 1. The summed E-state index contributed by atoms with van der Waals surface area (Å²) in [7, 11) is -3.67. The van der Waals surface area contributed by atoms with Gasteiger partial charge in [-0.1, -0.05) is 43.3 Å². The number of hydrogen-bond acceptors (Lipinski definition) is 4. The first-order chi connectivity index (χ1) is 13.3. The van der Waals surface area contributed by atoms with E-state index in [-0.39, 0.29) is 17.2 Å². The highest BCUT2D eigenvalue weighted by Gasteiger charge is 2.17. The van der Waals surface area contributed by atoms with Gasteiger partial charge in [-0.2, -0.15) is 0 Å². The number of sulfonamides is 1. The second-order valence-corrected chi connectivity index (χ2v) is 9.45. The molecule has 0 unspecified atom stereocenters.